The average molecular weight is 333 g/mol. The summed E-state index contributed by atoms with van der Waals surface area (Å²) < 4.78 is 0.347. The van der Waals surface area contributed by atoms with Crippen LogP contribution in [-0.2, 0) is 0 Å². The van der Waals surface area contributed by atoms with E-state index in [2.05, 4.69) is 18.7 Å². The van der Waals surface area contributed by atoms with Crippen LogP contribution in [0.3, 0.4) is 0 Å². The maximum Gasteiger partial charge on any atom is 0.0471 e. The Morgan fingerprint density at radius 1 is 1.25 bits per heavy atom. The zero-order chi connectivity index (χ0) is 14.8. The number of nitrogens with two attached hydrogens (primary N) is 1. The monoisotopic (exact) mass is 332 g/mol. The lowest BCUT2D eigenvalue weighted by molar-refractivity contribution is 0.211. The highest BCUT2D eigenvalue weighted by atomic mass is 35.5. The molecule has 1 unspecified atom stereocenters. The Hall–Kier alpha value is 0.0700. The van der Waals surface area contributed by atoms with Crippen LogP contribution in [0, 0.1) is 0 Å². The van der Waals surface area contributed by atoms with Gasteiger partial charge in [-0.3, -0.25) is 4.90 Å². The van der Waals surface area contributed by atoms with Gasteiger partial charge in [0.2, 0.25) is 0 Å². The highest BCUT2D eigenvalue weighted by molar-refractivity contribution is 8.00. The summed E-state index contributed by atoms with van der Waals surface area (Å²) >= 11 is 14.3. The molecule has 112 valence electrons. The molecule has 5 heteroatoms. The first-order valence-electron chi connectivity index (χ1n) is 6.95. The van der Waals surface area contributed by atoms with Gasteiger partial charge < -0.3 is 5.73 Å². The SMILES string of the molecule is CC1(C)CCN(C(CN)c2cc(Cl)cc(Cl)c2)CCS1. The van der Waals surface area contributed by atoms with Crippen LogP contribution in [0.25, 0.3) is 0 Å². The molecular weight excluding hydrogens is 311 g/mol. The van der Waals surface area contributed by atoms with Crippen molar-refractivity contribution in [2.24, 2.45) is 5.73 Å². The minimum atomic E-state index is 0.195. The summed E-state index contributed by atoms with van der Waals surface area (Å²) in [6.07, 6.45) is 1.17. The Morgan fingerprint density at radius 2 is 1.90 bits per heavy atom. The van der Waals surface area contributed by atoms with Crippen molar-refractivity contribution in [3.63, 3.8) is 0 Å². The molecule has 0 saturated carbocycles. The number of thioether (sulfide) groups is 1. The first-order chi connectivity index (χ1) is 9.41. The molecule has 0 bridgehead atoms. The molecule has 1 fully saturated rings. The molecule has 2 rings (SSSR count). The fourth-order valence-corrected chi connectivity index (χ4v) is 4.27. The van der Waals surface area contributed by atoms with Gasteiger partial charge in [0.25, 0.3) is 0 Å². The van der Waals surface area contributed by atoms with Crippen LogP contribution in [0.5, 0.6) is 0 Å². The second-order valence-corrected chi connectivity index (χ2v) is 8.52. The number of hydrogen-bond donors (Lipinski definition) is 1. The molecule has 0 aliphatic carbocycles. The number of halogens is 2. The van der Waals surface area contributed by atoms with Crippen molar-refractivity contribution in [1.82, 2.24) is 4.90 Å². The van der Waals surface area contributed by atoms with Gasteiger partial charge in [-0.05, 0) is 30.2 Å². The molecule has 0 amide bonds. The normalized spacial score (nSPS) is 21.4. The van der Waals surface area contributed by atoms with E-state index in [-0.39, 0.29) is 6.04 Å². The summed E-state index contributed by atoms with van der Waals surface area (Å²) in [4.78, 5) is 2.46. The third-order valence-electron chi connectivity index (χ3n) is 3.81. The molecule has 0 radical (unpaired) electrons. The van der Waals surface area contributed by atoms with Crippen molar-refractivity contribution in [1.29, 1.82) is 0 Å². The van der Waals surface area contributed by atoms with Crippen molar-refractivity contribution in [3.8, 4) is 0 Å². The molecule has 1 aliphatic heterocycles. The largest absolute Gasteiger partial charge is 0.329 e. The fraction of sp³-hybridized carbons (Fsp3) is 0.600. The Kier molecular flexibility index (Phi) is 5.66. The lowest BCUT2D eigenvalue weighted by Gasteiger charge is -2.30. The molecule has 0 spiro atoms. The van der Waals surface area contributed by atoms with Gasteiger partial charge in [0, 0.05) is 46.2 Å². The minimum Gasteiger partial charge on any atom is -0.329 e. The number of rotatable bonds is 3. The maximum absolute atomic E-state index is 6.12. The Balaban J connectivity index is 2.19. The molecule has 1 atom stereocenters. The number of benzene rings is 1. The molecule has 20 heavy (non-hydrogen) atoms. The predicted octanol–water partition coefficient (Wildman–Crippen LogP) is 4.21. The Bertz CT molecular complexity index is 445. The van der Waals surface area contributed by atoms with E-state index in [9.17, 15) is 0 Å². The Morgan fingerprint density at radius 3 is 2.50 bits per heavy atom. The fourth-order valence-electron chi connectivity index (χ4n) is 2.61. The summed E-state index contributed by atoms with van der Waals surface area (Å²) in [7, 11) is 0. The molecule has 0 aromatic heterocycles. The molecule has 1 saturated heterocycles. The summed E-state index contributed by atoms with van der Waals surface area (Å²) in [5.74, 6) is 1.14. The van der Waals surface area contributed by atoms with Crippen LogP contribution in [-0.4, -0.2) is 35.0 Å². The van der Waals surface area contributed by atoms with Gasteiger partial charge in [0.1, 0.15) is 0 Å². The Labute approximate surface area is 136 Å². The van der Waals surface area contributed by atoms with E-state index in [1.807, 2.05) is 23.9 Å². The van der Waals surface area contributed by atoms with Gasteiger partial charge in [-0.25, -0.2) is 0 Å². The molecule has 1 aliphatic rings. The summed E-state index contributed by atoms with van der Waals surface area (Å²) in [5, 5.41) is 1.35. The summed E-state index contributed by atoms with van der Waals surface area (Å²) in [6, 6.07) is 5.92. The predicted molar refractivity (Wildman–Crippen MR) is 91.0 cm³/mol. The molecule has 2 N–H and O–H groups in total. The van der Waals surface area contributed by atoms with E-state index in [0.29, 0.717) is 21.3 Å². The highest BCUT2D eigenvalue weighted by Gasteiger charge is 2.27. The zero-order valence-corrected chi connectivity index (χ0v) is 14.4. The second kappa shape index (κ2) is 6.89. The van der Waals surface area contributed by atoms with Gasteiger partial charge >= 0.3 is 0 Å². The standard InChI is InChI=1S/C15H22Cl2N2S/c1-15(2)3-4-19(5-6-20-15)14(10-18)11-7-12(16)9-13(17)8-11/h7-9,14H,3-6,10,18H2,1-2H3. The van der Waals surface area contributed by atoms with E-state index >= 15 is 0 Å². The molecule has 1 aromatic carbocycles. The molecule has 2 nitrogen and oxygen atoms in total. The van der Waals surface area contributed by atoms with E-state index in [1.54, 1.807) is 6.07 Å². The van der Waals surface area contributed by atoms with Crippen molar-refractivity contribution in [3.05, 3.63) is 33.8 Å². The van der Waals surface area contributed by atoms with Gasteiger partial charge in [-0.2, -0.15) is 11.8 Å². The van der Waals surface area contributed by atoms with E-state index in [1.165, 1.54) is 6.42 Å². The molecule has 1 aromatic rings. The van der Waals surface area contributed by atoms with E-state index in [0.717, 1.165) is 24.4 Å². The van der Waals surface area contributed by atoms with Crippen LogP contribution >= 0.6 is 35.0 Å². The second-order valence-electron chi connectivity index (χ2n) is 5.85. The average Bonchev–Trinajstić information content (AvgIpc) is 2.51. The van der Waals surface area contributed by atoms with Crippen LogP contribution in [0.4, 0.5) is 0 Å². The first kappa shape index (κ1) is 16.4. The van der Waals surface area contributed by atoms with Crippen LogP contribution in [0.2, 0.25) is 10.0 Å². The lowest BCUT2D eigenvalue weighted by atomic mass is 10.0. The van der Waals surface area contributed by atoms with Crippen LogP contribution in [0.1, 0.15) is 31.9 Å². The lowest BCUT2D eigenvalue weighted by Crippen LogP contribution is -2.36. The third-order valence-corrected chi connectivity index (χ3v) is 5.61. The summed E-state index contributed by atoms with van der Waals surface area (Å²) in [5.41, 5.74) is 7.14. The topological polar surface area (TPSA) is 29.3 Å². The minimum absolute atomic E-state index is 0.195. The van der Waals surface area contributed by atoms with E-state index in [4.69, 9.17) is 28.9 Å². The molecular formula is C15H22Cl2N2S. The van der Waals surface area contributed by atoms with Crippen molar-refractivity contribution in [2.45, 2.75) is 31.1 Å². The van der Waals surface area contributed by atoms with Crippen molar-refractivity contribution >= 4 is 35.0 Å². The summed E-state index contributed by atoms with van der Waals surface area (Å²) in [6.45, 7) is 7.33. The van der Waals surface area contributed by atoms with Crippen molar-refractivity contribution < 1.29 is 0 Å². The van der Waals surface area contributed by atoms with Gasteiger partial charge in [0.15, 0.2) is 0 Å². The van der Waals surface area contributed by atoms with Crippen LogP contribution in [0.15, 0.2) is 18.2 Å². The van der Waals surface area contributed by atoms with Crippen LogP contribution < -0.4 is 5.73 Å². The van der Waals surface area contributed by atoms with Gasteiger partial charge in [-0.1, -0.05) is 37.0 Å². The smallest absolute Gasteiger partial charge is 0.0471 e. The zero-order valence-electron chi connectivity index (χ0n) is 12.0. The first-order valence-corrected chi connectivity index (χ1v) is 8.69. The molecule has 1 heterocycles. The van der Waals surface area contributed by atoms with Gasteiger partial charge in [0.05, 0.1) is 0 Å². The quantitative estimate of drug-likeness (QED) is 0.898. The third kappa shape index (κ3) is 4.28. The maximum atomic E-state index is 6.12. The van der Waals surface area contributed by atoms with Crippen molar-refractivity contribution in [2.75, 3.05) is 25.4 Å². The van der Waals surface area contributed by atoms with E-state index < -0.39 is 0 Å². The highest BCUT2D eigenvalue weighted by Crippen LogP contribution is 2.34. The van der Waals surface area contributed by atoms with Gasteiger partial charge in [-0.15, -0.1) is 0 Å². The number of nitrogens with zero attached hydrogens (tertiary/aromatic N) is 1. The number of hydrogen-bond acceptors (Lipinski definition) is 3.